The summed E-state index contributed by atoms with van der Waals surface area (Å²) in [6, 6.07) is 18.0. The molecular formula is C17H16N2O. The molecule has 0 aliphatic carbocycles. The van der Waals surface area contributed by atoms with Crippen molar-refractivity contribution in [2.45, 2.75) is 13.8 Å². The maximum absolute atomic E-state index is 10.0. The molecule has 0 aliphatic heterocycles. The van der Waals surface area contributed by atoms with Crippen molar-refractivity contribution >= 4 is 0 Å². The van der Waals surface area contributed by atoms with Crippen LogP contribution in [0, 0.1) is 13.8 Å². The molecule has 0 aliphatic rings. The first-order chi connectivity index (χ1) is 9.68. The molecule has 0 fully saturated rings. The second kappa shape index (κ2) is 4.85. The molecule has 3 nitrogen and oxygen atoms in total. The molecule has 0 atom stereocenters. The fraction of sp³-hybridized carbons (Fsp3) is 0.118. The minimum Gasteiger partial charge on any atom is -0.492 e. The summed E-state index contributed by atoms with van der Waals surface area (Å²) in [7, 11) is 0. The molecule has 0 saturated carbocycles. The van der Waals surface area contributed by atoms with E-state index in [1.165, 1.54) is 0 Å². The molecule has 0 spiro atoms. The van der Waals surface area contributed by atoms with Gasteiger partial charge in [-0.25, -0.2) is 4.68 Å². The zero-order valence-corrected chi connectivity index (χ0v) is 11.5. The molecule has 1 aromatic heterocycles. The van der Waals surface area contributed by atoms with E-state index in [4.69, 9.17) is 0 Å². The molecule has 3 aromatic rings. The summed E-state index contributed by atoms with van der Waals surface area (Å²) in [5.41, 5.74) is 4.86. The lowest BCUT2D eigenvalue weighted by atomic mass is 10.1. The molecule has 0 unspecified atom stereocenters. The van der Waals surface area contributed by atoms with Crippen LogP contribution in [-0.2, 0) is 0 Å². The summed E-state index contributed by atoms with van der Waals surface area (Å²) >= 11 is 0. The van der Waals surface area contributed by atoms with Crippen molar-refractivity contribution in [3.05, 3.63) is 65.7 Å². The summed E-state index contributed by atoms with van der Waals surface area (Å²) in [6.45, 7) is 3.93. The lowest BCUT2D eigenvalue weighted by Crippen LogP contribution is -2.01. The summed E-state index contributed by atoms with van der Waals surface area (Å²) in [5.74, 6) is 0.0760. The van der Waals surface area contributed by atoms with Crippen molar-refractivity contribution in [2.75, 3.05) is 0 Å². The number of nitrogens with zero attached hydrogens (tertiary/aromatic N) is 2. The molecular weight excluding hydrogens is 248 g/mol. The number of hydrogen-bond donors (Lipinski definition) is 1. The molecule has 1 heterocycles. The van der Waals surface area contributed by atoms with E-state index in [0.29, 0.717) is 0 Å². The third-order valence-electron chi connectivity index (χ3n) is 3.49. The van der Waals surface area contributed by atoms with Gasteiger partial charge in [0, 0.05) is 11.1 Å². The SMILES string of the molecule is Cc1ccccc1-n1nc(O)c(C)c1-c1ccccc1. The number of hydrogen-bond acceptors (Lipinski definition) is 2. The highest BCUT2D eigenvalue weighted by molar-refractivity contribution is 5.68. The van der Waals surface area contributed by atoms with E-state index in [0.717, 1.165) is 28.1 Å². The van der Waals surface area contributed by atoms with Gasteiger partial charge < -0.3 is 5.11 Å². The van der Waals surface area contributed by atoms with Crippen molar-refractivity contribution in [1.82, 2.24) is 9.78 Å². The summed E-state index contributed by atoms with van der Waals surface area (Å²) in [6.07, 6.45) is 0. The summed E-state index contributed by atoms with van der Waals surface area (Å²) in [4.78, 5) is 0. The van der Waals surface area contributed by atoms with E-state index < -0.39 is 0 Å². The van der Waals surface area contributed by atoms with Gasteiger partial charge in [0.2, 0.25) is 5.88 Å². The van der Waals surface area contributed by atoms with E-state index in [9.17, 15) is 5.11 Å². The molecule has 0 bridgehead atoms. The highest BCUT2D eigenvalue weighted by atomic mass is 16.3. The van der Waals surface area contributed by atoms with Crippen LogP contribution in [0.15, 0.2) is 54.6 Å². The monoisotopic (exact) mass is 264 g/mol. The van der Waals surface area contributed by atoms with Crippen molar-refractivity contribution < 1.29 is 5.11 Å². The number of aromatic hydroxyl groups is 1. The van der Waals surface area contributed by atoms with Crippen LogP contribution in [0.3, 0.4) is 0 Å². The molecule has 0 radical (unpaired) electrons. The first-order valence-corrected chi connectivity index (χ1v) is 6.58. The van der Waals surface area contributed by atoms with Crippen LogP contribution >= 0.6 is 0 Å². The van der Waals surface area contributed by atoms with Crippen LogP contribution in [0.1, 0.15) is 11.1 Å². The van der Waals surface area contributed by atoms with Crippen LogP contribution in [0.4, 0.5) is 0 Å². The summed E-state index contributed by atoms with van der Waals surface area (Å²) in [5, 5.41) is 14.3. The Morgan fingerprint density at radius 3 is 2.25 bits per heavy atom. The molecule has 3 heteroatoms. The van der Waals surface area contributed by atoms with Gasteiger partial charge in [-0.1, -0.05) is 48.5 Å². The van der Waals surface area contributed by atoms with Gasteiger partial charge in [0.1, 0.15) is 0 Å². The predicted molar refractivity (Wildman–Crippen MR) is 80.1 cm³/mol. The smallest absolute Gasteiger partial charge is 0.234 e. The van der Waals surface area contributed by atoms with E-state index in [-0.39, 0.29) is 5.88 Å². The zero-order chi connectivity index (χ0) is 14.1. The zero-order valence-electron chi connectivity index (χ0n) is 11.5. The topological polar surface area (TPSA) is 38.0 Å². The van der Waals surface area contributed by atoms with Crippen molar-refractivity contribution in [2.24, 2.45) is 0 Å². The van der Waals surface area contributed by atoms with Gasteiger partial charge in [0.05, 0.1) is 11.4 Å². The Kier molecular flexibility index (Phi) is 3.03. The fourth-order valence-electron chi connectivity index (χ4n) is 2.39. The van der Waals surface area contributed by atoms with Crippen LogP contribution < -0.4 is 0 Å². The Balaban J connectivity index is 2.28. The van der Waals surface area contributed by atoms with Gasteiger partial charge in [-0.3, -0.25) is 0 Å². The number of para-hydroxylation sites is 1. The molecule has 20 heavy (non-hydrogen) atoms. The normalized spacial score (nSPS) is 10.7. The number of aryl methyl sites for hydroxylation is 1. The van der Waals surface area contributed by atoms with E-state index >= 15 is 0 Å². The maximum Gasteiger partial charge on any atom is 0.234 e. The van der Waals surface area contributed by atoms with Crippen molar-refractivity contribution in [3.63, 3.8) is 0 Å². The number of rotatable bonds is 2. The van der Waals surface area contributed by atoms with Crippen LogP contribution in [0.25, 0.3) is 16.9 Å². The second-order valence-corrected chi connectivity index (χ2v) is 4.86. The fourth-order valence-corrected chi connectivity index (χ4v) is 2.39. The van der Waals surface area contributed by atoms with Crippen LogP contribution in [-0.4, -0.2) is 14.9 Å². The first kappa shape index (κ1) is 12.5. The first-order valence-electron chi connectivity index (χ1n) is 6.58. The van der Waals surface area contributed by atoms with Gasteiger partial charge in [-0.2, -0.15) is 0 Å². The lowest BCUT2D eigenvalue weighted by Gasteiger charge is -2.10. The van der Waals surface area contributed by atoms with Crippen molar-refractivity contribution in [1.29, 1.82) is 0 Å². The average Bonchev–Trinajstić information content (AvgIpc) is 2.76. The predicted octanol–water partition coefficient (Wildman–Crippen LogP) is 3.86. The van der Waals surface area contributed by atoms with Gasteiger partial charge in [0.25, 0.3) is 0 Å². The molecule has 100 valence electrons. The maximum atomic E-state index is 10.0. The number of benzene rings is 2. The molecule has 0 saturated heterocycles. The minimum atomic E-state index is 0.0760. The molecule has 0 amide bonds. The standard InChI is InChI=1S/C17H16N2O/c1-12-8-6-7-11-15(12)19-16(13(2)17(20)18-19)14-9-4-3-5-10-14/h3-11H,1-2H3,(H,18,20). The molecule has 3 rings (SSSR count). The van der Waals surface area contributed by atoms with Crippen molar-refractivity contribution in [3.8, 4) is 22.8 Å². The second-order valence-electron chi connectivity index (χ2n) is 4.86. The summed E-state index contributed by atoms with van der Waals surface area (Å²) < 4.78 is 1.81. The molecule has 1 N–H and O–H groups in total. The van der Waals surface area contributed by atoms with Gasteiger partial charge in [-0.05, 0) is 25.5 Å². The third-order valence-corrected chi connectivity index (χ3v) is 3.49. The highest BCUT2D eigenvalue weighted by Crippen LogP contribution is 2.32. The number of aromatic nitrogens is 2. The Bertz CT molecular complexity index is 745. The highest BCUT2D eigenvalue weighted by Gasteiger charge is 2.17. The minimum absolute atomic E-state index is 0.0760. The van der Waals surface area contributed by atoms with Crippen LogP contribution in [0.2, 0.25) is 0 Å². The Morgan fingerprint density at radius 1 is 0.900 bits per heavy atom. The van der Waals surface area contributed by atoms with Gasteiger partial charge >= 0.3 is 0 Å². The Labute approximate surface area is 118 Å². The van der Waals surface area contributed by atoms with Crippen LogP contribution in [0.5, 0.6) is 5.88 Å². The third kappa shape index (κ3) is 1.97. The molecule has 2 aromatic carbocycles. The largest absolute Gasteiger partial charge is 0.492 e. The van der Waals surface area contributed by atoms with E-state index in [2.05, 4.69) is 5.10 Å². The van der Waals surface area contributed by atoms with Gasteiger partial charge in [0.15, 0.2) is 0 Å². The van der Waals surface area contributed by atoms with E-state index in [1.54, 1.807) is 0 Å². The quantitative estimate of drug-likeness (QED) is 0.763. The lowest BCUT2D eigenvalue weighted by molar-refractivity contribution is 0.444. The van der Waals surface area contributed by atoms with E-state index in [1.807, 2.05) is 73.1 Å². The van der Waals surface area contributed by atoms with Gasteiger partial charge in [-0.15, -0.1) is 5.10 Å². The Morgan fingerprint density at radius 2 is 1.55 bits per heavy atom. The Hall–Kier alpha value is -2.55. The average molecular weight is 264 g/mol.